The van der Waals surface area contributed by atoms with Crippen molar-refractivity contribution < 1.29 is 5.11 Å². The Kier molecular flexibility index (Phi) is 7.20. The fraction of sp³-hybridized carbons (Fsp3) is 0.875. The fourth-order valence-corrected chi connectivity index (χ4v) is 0.984. The first-order valence-electron chi connectivity index (χ1n) is 3.94. The Morgan fingerprint density at radius 2 is 2.10 bits per heavy atom. The molecule has 0 radical (unpaired) electrons. The number of thiocarbonyl (C=S) groups is 1. The largest absolute Gasteiger partial charge is 0.388 e. The van der Waals surface area contributed by atoms with Crippen molar-refractivity contribution in [1.82, 2.24) is 0 Å². The third-order valence-electron chi connectivity index (χ3n) is 1.51. The summed E-state index contributed by atoms with van der Waals surface area (Å²) in [5, 5.41) is 10.4. The molecule has 0 amide bonds. The highest BCUT2D eigenvalue weighted by molar-refractivity contribution is 7.79. The summed E-state index contributed by atoms with van der Waals surface area (Å²) in [7, 11) is 0. The van der Waals surface area contributed by atoms with Gasteiger partial charge in [-0.05, 0) is 6.42 Å². The van der Waals surface area contributed by atoms with Crippen molar-refractivity contribution in [3.05, 3.63) is 0 Å². The van der Waals surface area contributed by atoms with E-state index in [9.17, 15) is 0 Å². The molecule has 60 valence electrons. The maximum absolute atomic E-state index is 9.00. The molecule has 1 nitrogen and oxygen atoms in total. The maximum Gasteiger partial charge on any atom is 0.0822 e. The Morgan fingerprint density at radius 1 is 1.40 bits per heavy atom. The minimum absolute atomic E-state index is 0.355. The molecule has 0 aliphatic heterocycles. The minimum Gasteiger partial charge on any atom is -0.388 e. The van der Waals surface area contributed by atoms with Crippen molar-refractivity contribution in [2.24, 2.45) is 0 Å². The van der Waals surface area contributed by atoms with Gasteiger partial charge in [0.05, 0.1) is 6.10 Å². The van der Waals surface area contributed by atoms with E-state index in [4.69, 9.17) is 5.11 Å². The second-order valence-electron chi connectivity index (χ2n) is 2.55. The molecule has 0 aromatic heterocycles. The summed E-state index contributed by atoms with van der Waals surface area (Å²) in [6.45, 7) is 2.18. The molecule has 0 fully saturated rings. The first-order valence-corrected chi connectivity index (χ1v) is 4.41. The maximum atomic E-state index is 9.00. The Morgan fingerprint density at radius 3 is 2.60 bits per heavy atom. The average molecular weight is 160 g/mol. The van der Waals surface area contributed by atoms with E-state index < -0.39 is 0 Å². The number of unbranched alkanes of at least 4 members (excludes halogenated alkanes) is 3. The number of hydrogen-bond acceptors (Lipinski definition) is 2. The SMILES string of the molecule is CCCCCCC(O)C=S. The molecule has 0 aliphatic rings. The van der Waals surface area contributed by atoms with Gasteiger partial charge in [-0.1, -0.05) is 44.8 Å². The van der Waals surface area contributed by atoms with E-state index in [1.165, 1.54) is 24.6 Å². The molecule has 0 bridgehead atoms. The lowest BCUT2D eigenvalue weighted by Crippen LogP contribution is -2.05. The van der Waals surface area contributed by atoms with Crippen LogP contribution in [0, 0.1) is 0 Å². The minimum atomic E-state index is -0.355. The van der Waals surface area contributed by atoms with E-state index in [1.807, 2.05) is 0 Å². The van der Waals surface area contributed by atoms with Crippen LogP contribution in [0.5, 0.6) is 0 Å². The van der Waals surface area contributed by atoms with Gasteiger partial charge in [-0.15, -0.1) is 0 Å². The van der Waals surface area contributed by atoms with Crippen molar-refractivity contribution in [1.29, 1.82) is 0 Å². The number of hydrogen-bond donors (Lipinski definition) is 1. The quantitative estimate of drug-likeness (QED) is 0.475. The molecule has 0 saturated heterocycles. The van der Waals surface area contributed by atoms with Crippen LogP contribution in [0.3, 0.4) is 0 Å². The Hall–Kier alpha value is 0.0500. The van der Waals surface area contributed by atoms with E-state index in [2.05, 4.69) is 19.1 Å². The highest BCUT2D eigenvalue weighted by atomic mass is 32.1. The van der Waals surface area contributed by atoms with Crippen LogP contribution in [0.4, 0.5) is 0 Å². The molecule has 0 heterocycles. The smallest absolute Gasteiger partial charge is 0.0822 e. The van der Waals surface area contributed by atoms with E-state index in [0.717, 1.165) is 12.8 Å². The summed E-state index contributed by atoms with van der Waals surface area (Å²) in [5.41, 5.74) is 0. The summed E-state index contributed by atoms with van der Waals surface area (Å²) in [5.74, 6) is 0. The zero-order valence-corrected chi connectivity index (χ0v) is 7.36. The van der Waals surface area contributed by atoms with Crippen LogP contribution >= 0.6 is 12.2 Å². The second kappa shape index (κ2) is 7.16. The molecule has 0 aliphatic carbocycles. The monoisotopic (exact) mass is 160 g/mol. The van der Waals surface area contributed by atoms with Gasteiger partial charge in [-0.25, -0.2) is 0 Å². The van der Waals surface area contributed by atoms with Crippen LogP contribution < -0.4 is 0 Å². The molecule has 0 rings (SSSR count). The van der Waals surface area contributed by atoms with Gasteiger partial charge in [0.2, 0.25) is 0 Å². The number of aliphatic hydroxyl groups excluding tert-OH is 1. The zero-order chi connectivity index (χ0) is 7.82. The van der Waals surface area contributed by atoms with Crippen LogP contribution in [0.1, 0.15) is 39.0 Å². The highest BCUT2D eigenvalue weighted by Gasteiger charge is 1.96. The van der Waals surface area contributed by atoms with Crippen LogP contribution in [-0.4, -0.2) is 16.6 Å². The second-order valence-corrected chi connectivity index (χ2v) is 2.82. The van der Waals surface area contributed by atoms with Gasteiger partial charge in [0, 0.05) is 5.37 Å². The van der Waals surface area contributed by atoms with Gasteiger partial charge in [0.25, 0.3) is 0 Å². The summed E-state index contributed by atoms with van der Waals surface area (Å²) < 4.78 is 0. The molecule has 0 spiro atoms. The third-order valence-corrected chi connectivity index (χ3v) is 1.82. The molecule has 1 N–H and O–H groups in total. The number of rotatable bonds is 6. The van der Waals surface area contributed by atoms with Gasteiger partial charge in [0.15, 0.2) is 0 Å². The van der Waals surface area contributed by atoms with Crippen LogP contribution in [0.25, 0.3) is 0 Å². The Labute approximate surface area is 68.4 Å². The topological polar surface area (TPSA) is 20.2 Å². The van der Waals surface area contributed by atoms with Crippen molar-refractivity contribution in [3.8, 4) is 0 Å². The van der Waals surface area contributed by atoms with Crippen LogP contribution in [0.15, 0.2) is 0 Å². The van der Waals surface area contributed by atoms with Crippen LogP contribution in [0.2, 0.25) is 0 Å². The highest BCUT2D eigenvalue weighted by Crippen LogP contribution is 2.04. The van der Waals surface area contributed by atoms with E-state index in [1.54, 1.807) is 0 Å². The lowest BCUT2D eigenvalue weighted by atomic mass is 10.1. The van der Waals surface area contributed by atoms with Gasteiger partial charge in [-0.3, -0.25) is 0 Å². The predicted octanol–water partition coefficient (Wildman–Crippen LogP) is 2.32. The first-order chi connectivity index (χ1) is 4.81. The normalized spacial score (nSPS) is 13.0. The molecule has 0 saturated carbocycles. The molecule has 1 atom stereocenters. The van der Waals surface area contributed by atoms with Crippen molar-refractivity contribution in [2.75, 3.05) is 0 Å². The fourth-order valence-electron chi connectivity index (χ4n) is 0.848. The molecule has 1 unspecified atom stereocenters. The van der Waals surface area contributed by atoms with Gasteiger partial charge < -0.3 is 5.11 Å². The summed E-state index contributed by atoms with van der Waals surface area (Å²) >= 11 is 4.58. The summed E-state index contributed by atoms with van der Waals surface area (Å²) in [4.78, 5) is 0. The molecule has 0 aromatic carbocycles. The Balaban J connectivity index is 2.95. The standard InChI is InChI=1S/C8H16OS/c1-2-3-4-5-6-8(9)7-10/h7-9H,2-6H2,1H3. The van der Waals surface area contributed by atoms with E-state index in [0.29, 0.717) is 0 Å². The Bertz CT molecular complexity index is 83.3. The van der Waals surface area contributed by atoms with Crippen molar-refractivity contribution in [3.63, 3.8) is 0 Å². The molecule has 2 heteroatoms. The average Bonchev–Trinajstić information content (AvgIpc) is 1.98. The summed E-state index contributed by atoms with van der Waals surface area (Å²) in [6.07, 6.45) is 5.31. The first kappa shape index (κ1) is 10.0. The van der Waals surface area contributed by atoms with E-state index >= 15 is 0 Å². The van der Waals surface area contributed by atoms with E-state index in [-0.39, 0.29) is 6.10 Å². The summed E-state index contributed by atoms with van der Waals surface area (Å²) in [6, 6.07) is 0. The molecule has 10 heavy (non-hydrogen) atoms. The number of aliphatic hydroxyl groups is 1. The van der Waals surface area contributed by atoms with Crippen molar-refractivity contribution >= 4 is 17.6 Å². The predicted molar refractivity (Wildman–Crippen MR) is 48.4 cm³/mol. The lowest BCUT2D eigenvalue weighted by Gasteiger charge is -2.01. The molecular weight excluding hydrogens is 144 g/mol. The molecular formula is C8H16OS. The van der Waals surface area contributed by atoms with Gasteiger partial charge >= 0.3 is 0 Å². The zero-order valence-electron chi connectivity index (χ0n) is 6.55. The van der Waals surface area contributed by atoms with Crippen molar-refractivity contribution in [2.45, 2.75) is 45.1 Å². The third kappa shape index (κ3) is 6.17. The lowest BCUT2D eigenvalue weighted by molar-refractivity contribution is 0.233. The molecule has 0 aromatic rings. The van der Waals surface area contributed by atoms with Crippen LogP contribution in [-0.2, 0) is 0 Å². The van der Waals surface area contributed by atoms with Gasteiger partial charge in [-0.2, -0.15) is 0 Å². The van der Waals surface area contributed by atoms with Gasteiger partial charge in [0.1, 0.15) is 0 Å².